The van der Waals surface area contributed by atoms with E-state index in [9.17, 15) is 19.2 Å². The zero-order valence-corrected chi connectivity index (χ0v) is 27.0. The van der Waals surface area contributed by atoms with Gasteiger partial charge in [0.25, 0.3) is 23.6 Å². The third kappa shape index (κ3) is 3.65. The van der Waals surface area contributed by atoms with Gasteiger partial charge in [-0.15, -0.1) is 0 Å². The molecule has 4 amide bonds. The van der Waals surface area contributed by atoms with E-state index >= 15 is 0 Å². The summed E-state index contributed by atoms with van der Waals surface area (Å²) in [5.41, 5.74) is 3.19. The van der Waals surface area contributed by atoms with Crippen molar-refractivity contribution >= 4 is 72.4 Å². The van der Waals surface area contributed by atoms with Gasteiger partial charge >= 0.3 is 0 Å². The number of rotatable bonds is 7. The van der Waals surface area contributed by atoms with Crippen molar-refractivity contribution in [3.8, 4) is 0 Å². The van der Waals surface area contributed by atoms with Crippen LogP contribution in [0.1, 0.15) is 114 Å². The minimum Gasteiger partial charge on any atom is -0.371 e. The van der Waals surface area contributed by atoms with Crippen LogP contribution < -0.4 is 4.90 Å². The summed E-state index contributed by atoms with van der Waals surface area (Å²) in [5.74, 6) is -0.910. The monoisotopic (exact) mass is 613 g/mol. The molecule has 8 rings (SSSR count). The van der Waals surface area contributed by atoms with Crippen molar-refractivity contribution in [3.63, 3.8) is 0 Å². The number of benzene rings is 5. The minimum absolute atomic E-state index is 0.158. The van der Waals surface area contributed by atoms with E-state index in [0.717, 1.165) is 75.7 Å². The molecule has 3 aliphatic heterocycles. The number of carbonyl (C=O) groups is 4. The summed E-state index contributed by atoms with van der Waals surface area (Å²) in [6.07, 6.45) is 6.06. The Morgan fingerprint density at radius 3 is 1.46 bits per heavy atom. The van der Waals surface area contributed by atoms with Gasteiger partial charge in [0, 0.05) is 52.6 Å². The first kappa shape index (κ1) is 28.9. The van der Waals surface area contributed by atoms with E-state index < -0.39 is 0 Å². The van der Waals surface area contributed by atoms with Crippen LogP contribution in [0.4, 0.5) is 5.69 Å². The molecule has 234 valence electrons. The number of piperidine rings is 1. The molecule has 3 heterocycles. The van der Waals surface area contributed by atoms with Crippen molar-refractivity contribution in [2.75, 3.05) is 18.0 Å². The van der Waals surface area contributed by atoms with Gasteiger partial charge in [-0.1, -0.05) is 45.9 Å². The fourth-order valence-corrected chi connectivity index (χ4v) is 8.73. The van der Waals surface area contributed by atoms with Crippen molar-refractivity contribution < 1.29 is 19.2 Å². The Hall–Kier alpha value is -4.52. The van der Waals surface area contributed by atoms with E-state index in [4.69, 9.17) is 0 Å². The molecule has 0 saturated carbocycles. The second-order valence-electron chi connectivity index (χ2n) is 13.2. The summed E-state index contributed by atoms with van der Waals surface area (Å²) >= 11 is 0. The molecule has 0 radical (unpaired) electrons. The van der Waals surface area contributed by atoms with Crippen LogP contribution in [0.5, 0.6) is 0 Å². The van der Waals surface area contributed by atoms with E-state index in [1.807, 2.05) is 64.1 Å². The lowest BCUT2D eigenvalue weighted by molar-refractivity contribution is 0.0515. The van der Waals surface area contributed by atoms with Crippen LogP contribution in [0.3, 0.4) is 0 Å². The number of hydrogen-bond donors (Lipinski definition) is 0. The van der Waals surface area contributed by atoms with Crippen LogP contribution in [0.15, 0.2) is 42.5 Å². The van der Waals surface area contributed by atoms with Gasteiger partial charge in [0.15, 0.2) is 0 Å². The Balaban J connectivity index is 1.49. The highest BCUT2D eigenvalue weighted by atomic mass is 16.2. The lowest BCUT2D eigenvalue weighted by Crippen LogP contribution is -2.47. The van der Waals surface area contributed by atoms with Crippen molar-refractivity contribution in [2.45, 2.75) is 84.7 Å². The van der Waals surface area contributed by atoms with E-state index in [1.54, 1.807) is 0 Å². The summed E-state index contributed by atoms with van der Waals surface area (Å²) < 4.78 is 0. The molecular formula is C39H39N3O4. The second kappa shape index (κ2) is 10.5. The number of carbonyl (C=O) groups excluding carboxylic acids is 4. The van der Waals surface area contributed by atoms with Crippen LogP contribution in [-0.4, -0.2) is 58.6 Å². The normalized spacial score (nSPS) is 17.0. The molecule has 3 aliphatic rings. The molecule has 0 unspecified atom stereocenters. The zero-order valence-electron chi connectivity index (χ0n) is 27.0. The van der Waals surface area contributed by atoms with E-state index in [-0.39, 0.29) is 35.7 Å². The SMILES string of the molecule is CCC(CC)N1C(=O)c2ccc3c4ccc5c6c(c(N7CCCCC7)cc(c7ccc(c2c37)C1=O)c64)C(=O)N(C(CC)CC)C5=O. The lowest BCUT2D eigenvalue weighted by atomic mass is 9.81. The molecule has 5 aromatic rings. The maximum atomic E-state index is 14.5. The number of nitrogens with zero attached hydrogens (tertiary/aromatic N) is 3. The average molecular weight is 614 g/mol. The third-order valence-corrected chi connectivity index (χ3v) is 11.1. The standard InChI is InChI=1S/C39H39N3O4/c1-5-21(6-2)41-36(43)26-15-12-23-24-13-17-28-34-32(24)29(25-14-16-27(37(41)44)33(26)31(23)25)20-30(40-18-10-9-11-19-40)35(34)39(46)42(38(28)45)22(7-3)8-4/h12-17,20-22H,5-11,18-19H2,1-4H3. The van der Waals surface area contributed by atoms with Crippen molar-refractivity contribution in [1.29, 1.82) is 0 Å². The topological polar surface area (TPSA) is 78.0 Å². The minimum atomic E-state index is -0.238. The first-order valence-corrected chi connectivity index (χ1v) is 17.1. The molecule has 7 heteroatoms. The van der Waals surface area contributed by atoms with Gasteiger partial charge in [0.05, 0.1) is 11.3 Å². The van der Waals surface area contributed by atoms with Crippen LogP contribution in [0, 0.1) is 0 Å². The largest absolute Gasteiger partial charge is 0.371 e. The van der Waals surface area contributed by atoms with Gasteiger partial charge in [-0.25, -0.2) is 0 Å². The zero-order chi connectivity index (χ0) is 32.0. The van der Waals surface area contributed by atoms with E-state index in [1.165, 1.54) is 9.80 Å². The summed E-state index contributed by atoms with van der Waals surface area (Å²) in [6, 6.07) is 13.5. The number of amides is 4. The first-order chi connectivity index (χ1) is 22.4. The maximum Gasteiger partial charge on any atom is 0.263 e. The summed E-state index contributed by atoms with van der Waals surface area (Å²) in [6.45, 7) is 9.79. The first-order valence-electron chi connectivity index (χ1n) is 17.1. The number of imide groups is 2. The maximum absolute atomic E-state index is 14.5. The highest BCUT2D eigenvalue weighted by Crippen LogP contribution is 2.49. The lowest BCUT2D eigenvalue weighted by Gasteiger charge is -2.37. The highest BCUT2D eigenvalue weighted by Gasteiger charge is 2.41. The van der Waals surface area contributed by atoms with Crippen LogP contribution >= 0.6 is 0 Å². The molecule has 0 spiro atoms. The molecule has 0 aliphatic carbocycles. The Bertz CT molecular complexity index is 2110. The Morgan fingerprint density at radius 1 is 0.522 bits per heavy atom. The Kier molecular flexibility index (Phi) is 6.61. The predicted molar refractivity (Wildman–Crippen MR) is 183 cm³/mol. The highest BCUT2D eigenvalue weighted by molar-refractivity contribution is 6.42. The van der Waals surface area contributed by atoms with Crippen LogP contribution in [0.2, 0.25) is 0 Å². The summed E-state index contributed by atoms with van der Waals surface area (Å²) in [4.78, 5) is 61.9. The second-order valence-corrected chi connectivity index (χ2v) is 13.2. The van der Waals surface area contributed by atoms with Gasteiger partial charge in [-0.3, -0.25) is 29.0 Å². The molecule has 5 aromatic carbocycles. The molecular weight excluding hydrogens is 574 g/mol. The quantitative estimate of drug-likeness (QED) is 0.105. The van der Waals surface area contributed by atoms with Gasteiger partial charge in [-0.05, 0) is 102 Å². The molecule has 0 atom stereocenters. The molecule has 7 nitrogen and oxygen atoms in total. The van der Waals surface area contributed by atoms with E-state index in [0.29, 0.717) is 53.3 Å². The summed E-state index contributed by atoms with van der Waals surface area (Å²) in [5, 5.41) is 6.97. The number of hydrogen-bond acceptors (Lipinski definition) is 5. The van der Waals surface area contributed by atoms with Crippen LogP contribution in [0.25, 0.3) is 43.1 Å². The Labute approximate surface area is 268 Å². The van der Waals surface area contributed by atoms with Crippen LogP contribution in [-0.2, 0) is 0 Å². The van der Waals surface area contributed by atoms with Gasteiger partial charge in [0.1, 0.15) is 0 Å². The van der Waals surface area contributed by atoms with Gasteiger partial charge in [0.2, 0.25) is 0 Å². The Morgan fingerprint density at radius 2 is 0.957 bits per heavy atom. The predicted octanol–water partition coefficient (Wildman–Crippen LogP) is 8.30. The smallest absolute Gasteiger partial charge is 0.263 e. The van der Waals surface area contributed by atoms with Gasteiger partial charge in [-0.2, -0.15) is 0 Å². The fraction of sp³-hybridized carbons (Fsp3) is 0.385. The molecule has 46 heavy (non-hydrogen) atoms. The van der Waals surface area contributed by atoms with Crippen molar-refractivity contribution in [2.24, 2.45) is 0 Å². The van der Waals surface area contributed by atoms with Crippen molar-refractivity contribution in [1.82, 2.24) is 9.80 Å². The number of anilines is 1. The molecule has 1 saturated heterocycles. The molecule has 1 fully saturated rings. The fourth-order valence-electron chi connectivity index (χ4n) is 8.73. The molecule has 0 aromatic heterocycles. The molecule has 0 N–H and O–H groups in total. The molecule has 0 bridgehead atoms. The average Bonchev–Trinajstić information content (AvgIpc) is 3.09. The van der Waals surface area contributed by atoms with Crippen molar-refractivity contribution in [3.05, 3.63) is 64.7 Å². The van der Waals surface area contributed by atoms with E-state index in [2.05, 4.69) is 11.0 Å². The summed E-state index contributed by atoms with van der Waals surface area (Å²) in [7, 11) is 0. The third-order valence-electron chi connectivity index (χ3n) is 11.1. The van der Waals surface area contributed by atoms with Gasteiger partial charge < -0.3 is 4.90 Å². The number of fused-ring (bicyclic) bond motifs is 2.